The Morgan fingerprint density at radius 3 is 1.83 bits per heavy atom. The highest BCUT2D eigenvalue weighted by Gasteiger charge is 2.37. The van der Waals surface area contributed by atoms with Crippen LogP contribution in [-0.2, 0) is 5.41 Å². The largest absolute Gasteiger partial charge is 0.228 e. The van der Waals surface area contributed by atoms with E-state index in [4.69, 9.17) is 16.8 Å². The maximum absolute atomic E-state index is 8.83. The molecule has 0 bridgehead atoms. The smallest absolute Gasteiger partial charge is 0.160 e. The molecule has 0 radical (unpaired) electrons. The summed E-state index contributed by atoms with van der Waals surface area (Å²) in [6, 6.07) is 50.6. The lowest BCUT2D eigenvalue weighted by Gasteiger charge is -2.22. The van der Waals surface area contributed by atoms with Crippen LogP contribution in [0.1, 0.15) is 31.8 Å². The molecule has 2 nitrogen and oxygen atoms in total. The van der Waals surface area contributed by atoms with Gasteiger partial charge < -0.3 is 0 Å². The second kappa shape index (κ2) is 12.3. The highest BCUT2D eigenvalue weighted by Crippen LogP contribution is 2.54. The molecule has 0 N–H and O–H groups in total. The molecule has 0 unspecified atom stereocenters. The van der Waals surface area contributed by atoms with Crippen molar-refractivity contribution < 1.29 is 6.85 Å². The third-order valence-corrected chi connectivity index (χ3v) is 10.8. The summed E-state index contributed by atoms with van der Waals surface area (Å²) in [4.78, 5) is 9.90. The van der Waals surface area contributed by atoms with Gasteiger partial charge in [0.05, 0.1) is 18.2 Å². The fraction of sp³-hybridized carbons (Fsp3) is 0.0588. The van der Waals surface area contributed by atoms with Crippen molar-refractivity contribution >= 4 is 21.5 Å². The number of nitrogens with zero attached hydrogens (tertiary/aromatic N) is 2. The average molecular weight is 682 g/mol. The lowest BCUT2D eigenvalue weighted by atomic mass is 9.81. The van der Waals surface area contributed by atoms with Gasteiger partial charge in [-0.3, -0.25) is 0 Å². The Morgan fingerprint density at radius 2 is 1.06 bits per heavy atom. The van der Waals surface area contributed by atoms with Crippen LogP contribution < -0.4 is 0 Å². The summed E-state index contributed by atoms with van der Waals surface area (Å²) < 4.78 is 42.8. The SMILES string of the molecule is [2H]c1c([2H])c([2H])c(-c2nc(-c3ccc(-c4ccccc4)cc3)cc(-c3ccc(-c4cccc5c4-c4cc6ccccc6cc4C5(C)C)c4ccccc34)n2)c([2H])c1[2H]. The van der Waals surface area contributed by atoms with Crippen molar-refractivity contribution in [2.75, 3.05) is 0 Å². The van der Waals surface area contributed by atoms with Crippen LogP contribution in [0.3, 0.4) is 0 Å². The zero-order chi connectivity index (χ0) is 39.9. The molecule has 0 spiro atoms. The Balaban J connectivity index is 1.18. The lowest BCUT2D eigenvalue weighted by Crippen LogP contribution is -2.14. The van der Waals surface area contributed by atoms with E-state index < -0.39 is 18.1 Å². The minimum atomic E-state index is -0.459. The molecule has 0 atom stereocenters. The molecule has 1 aromatic heterocycles. The van der Waals surface area contributed by atoms with Crippen LogP contribution >= 0.6 is 0 Å². The van der Waals surface area contributed by atoms with Crippen molar-refractivity contribution in [3.8, 4) is 67.3 Å². The van der Waals surface area contributed by atoms with Crippen LogP contribution in [0.25, 0.3) is 88.8 Å². The Hall–Kier alpha value is -6.64. The van der Waals surface area contributed by atoms with Gasteiger partial charge in [0.2, 0.25) is 0 Å². The summed E-state index contributed by atoms with van der Waals surface area (Å²) >= 11 is 0. The maximum atomic E-state index is 8.83. The molecule has 9 aromatic rings. The van der Waals surface area contributed by atoms with Crippen molar-refractivity contribution in [1.29, 1.82) is 0 Å². The van der Waals surface area contributed by atoms with Crippen LogP contribution in [0.5, 0.6) is 0 Å². The number of fused-ring (bicyclic) bond motifs is 5. The fourth-order valence-corrected chi connectivity index (χ4v) is 8.13. The molecule has 1 aliphatic rings. The van der Waals surface area contributed by atoms with Gasteiger partial charge >= 0.3 is 0 Å². The molecule has 10 rings (SSSR count). The first-order valence-corrected chi connectivity index (χ1v) is 17.9. The summed E-state index contributed by atoms with van der Waals surface area (Å²) in [5.41, 5.74) is 12.1. The molecule has 2 heteroatoms. The quantitative estimate of drug-likeness (QED) is 0.181. The van der Waals surface area contributed by atoms with E-state index in [-0.39, 0.29) is 28.9 Å². The van der Waals surface area contributed by atoms with Gasteiger partial charge in [0.15, 0.2) is 5.82 Å². The predicted octanol–water partition coefficient (Wildman–Crippen LogP) is 13.4. The van der Waals surface area contributed by atoms with Gasteiger partial charge in [-0.15, -0.1) is 0 Å². The fourth-order valence-electron chi connectivity index (χ4n) is 8.13. The second-order valence-electron chi connectivity index (χ2n) is 14.2. The van der Waals surface area contributed by atoms with E-state index in [0.29, 0.717) is 11.4 Å². The number of hydrogen-bond donors (Lipinski definition) is 0. The van der Waals surface area contributed by atoms with E-state index in [1.165, 1.54) is 33.0 Å². The molecular weight excluding hydrogens is 641 g/mol. The molecule has 53 heavy (non-hydrogen) atoms. The molecule has 0 fully saturated rings. The van der Waals surface area contributed by atoms with E-state index in [9.17, 15) is 0 Å². The number of aromatic nitrogens is 2. The predicted molar refractivity (Wildman–Crippen MR) is 222 cm³/mol. The van der Waals surface area contributed by atoms with E-state index in [1.54, 1.807) is 0 Å². The highest BCUT2D eigenvalue weighted by atomic mass is 14.9. The number of benzene rings is 8. The molecule has 250 valence electrons. The zero-order valence-corrected chi connectivity index (χ0v) is 29.3. The monoisotopic (exact) mass is 681 g/mol. The Labute approximate surface area is 317 Å². The van der Waals surface area contributed by atoms with Crippen LogP contribution in [0.15, 0.2) is 182 Å². The lowest BCUT2D eigenvalue weighted by molar-refractivity contribution is 0.661. The molecule has 0 amide bonds. The van der Waals surface area contributed by atoms with Crippen molar-refractivity contribution in [3.05, 3.63) is 193 Å². The van der Waals surface area contributed by atoms with Gasteiger partial charge in [0.25, 0.3) is 0 Å². The molecule has 0 saturated heterocycles. The van der Waals surface area contributed by atoms with Gasteiger partial charge in [-0.05, 0) is 84.3 Å². The molecule has 0 saturated carbocycles. The maximum Gasteiger partial charge on any atom is 0.160 e. The first-order chi connectivity index (χ1) is 28.1. The minimum Gasteiger partial charge on any atom is -0.228 e. The first-order valence-electron chi connectivity index (χ1n) is 20.4. The Bertz CT molecular complexity index is 3110. The first kappa shape index (κ1) is 26.2. The van der Waals surface area contributed by atoms with Crippen molar-refractivity contribution in [3.63, 3.8) is 0 Å². The van der Waals surface area contributed by atoms with Crippen LogP contribution in [-0.4, -0.2) is 9.97 Å². The molecule has 8 aromatic carbocycles. The van der Waals surface area contributed by atoms with E-state index in [2.05, 4.69) is 111 Å². The van der Waals surface area contributed by atoms with Crippen molar-refractivity contribution in [1.82, 2.24) is 9.97 Å². The Kier molecular flexibility index (Phi) is 6.05. The van der Waals surface area contributed by atoms with Gasteiger partial charge in [0, 0.05) is 22.1 Å². The molecule has 1 aliphatic carbocycles. The number of rotatable bonds is 5. The van der Waals surface area contributed by atoms with Gasteiger partial charge in [-0.2, -0.15) is 0 Å². The van der Waals surface area contributed by atoms with E-state index in [0.717, 1.165) is 44.2 Å². The normalized spacial score (nSPS) is 14.2. The van der Waals surface area contributed by atoms with Gasteiger partial charge in [0.1, 0.15) is 0 Å². The third-order valence-electron chi connectivity index (χ3n) is 10.8. The Morgan fingerprint density at radius 1 is 0.434 bits per heavy atom. The third kappa shape index (κ3) is 5.18. The molecule has 1 heterocycles. The summed E-state index contributed by atoms with van der Waals surface area (Å²) in [5, 5.41) is 4.48. The summed E-state index contributed by atoms with van der Waals surface area (Å²) in [6.45, 7) is 4.62. The summed E-state index contributed by atoms with van der Waals surface area (Å²) in [5.74, 6) is 0.0664. The van der Waals surface area contributed by atoms with Crippen LogP contribution in [0.4, 0.5) is 0 Å². The molecular formula is C51H36N2. The summed E-state index contributed by atoms with van der Waals surface area (Å²) in [7, 11) is 0. The van der Waals surface area contributed by atoms with Crippen LogP contribution in [0.2, 0.25) is 0 Å². The minimum absolute atomic E-state index is 0.0374. The zero-order valence-electron chi connectivity index (χ0n) is 34.3. The van der Waals surface area contributed by atoms with E-state index in [1.807, 2.05) is 54.6 Å². The second-order valence-corrected chi connectivity index (χ2v) is 14.2. The number of hydrogen-bond acceptors (Lipinski definition) is 2. The van der Waals surface area contributed by atoms with Gasteiger partial charge in [-0.1, -0.05) is 178 Å². The standard InChI is InChI=1S/C51H36N2/c1-51(2)45-23-13-22-43(49(45)44-30-37-18-9-10-19-38(37)31-46(44)51)41-28-29-42(40-21-12-11-20-39(40)41)48-32-47(52-50(53-48)36-16-7-4-8-17-36)35-26-24-34(25-27-35)33-14-5-3-6-15-33/h3-32H,1-2H3/i4D,7D,8D,16D,17D. The van der Waals surface area contributed by atoms with Crippen LogP contribution in [0, 0.1) is 0 Å². The van der Waals surface area contributed by atoms with Crippen molar-refractivity contribution in [2.45, 2.75) is 19.3 Å². The van der Waals surface area contributed by atoms with Crippen molar-refractivity contribution in [2.24, 2.45) is 0 Å². The van der Waals surface area contributed by atoms with E-state index >= 15 is 0 Å². The summed E-state index contributed by atoms with van der Waals surface area (Å²) in [6.07, 6.45) is 0. The molecule has 0 aliphatic heterocycles. The average Bonchev–Trinajstić information content (AvgIpc) is 3.49. The van der Waals surface area contributed by atoms with Gasteiger partial charge in [-0.25, -0.2) is 9.97 Å². The highest BCUT2D eigenvalue weighted by molar-refractivity contribution is 6.08. The topological polar surface area (TPSA) is 25.8 Å².